The van der Waals surface area contributed by atoms with E-state index in [0.717, 1.165) is 0 Å². The molecule has 0 saturated heterocycles. The minimum absolute atomic E-state index is 0.0337. The van der Waals surface area contributed by atoms with Crippen LogP contribution in [0.25, 0.3) is 0 Å². The number of carboxylic acid groups (broad SMARTS) is 2. The van der Waals surface area contributed by atoms with Crippen molar-refractivity contribution < 1.29 is 39.0 Å². The Kier molecular flexibility index (Phi) is 14.4. The van der Waals surface area contributed by atoms with Crippen LogP contribution < -0.4 is 38.9 Å². The van der Waals surface area contributed by atoms with Gasteiger partial charge in [-0.2, -0.15) is 12.6 Å². The Hall–Kier alpha value is -3.60. The molecule has 0 aromatic rings. The molecule has 0 heterocycles. The molecule has 0 aromatic heterocycles. The highest BCUT2D eigenvalue weighted by Gasteiger charge is 2.30. The van der Waals surface area contributed by atoms with Crippen LogP contribution in [-0.4, -0.2) is 88.2 Å². The van der Waals surface area contributed by atoms with E-state index >= 15 is 0 Å². The highest BCUT2D eigenvalue weighted by molar-refractivity contribution is 7.80. The summed E-state index contributed by atoms with van der Waals surface area (Å²) in [6.45, 7) is 0.0953. The Balaban J connectivity index is 5.60. The molecule has 4 atom stereocenters. The number of carbonyl (C=O) groups is 6. The van der Waals surface area contributed by atoms with Crippen LogP contribution in [0.1, 0.15) is 32.1 Å². The number of primary amides is 1. The van der Waals surface area contributed by atoms with Gasteiger partial charge in [-0.25, -0.2) is 4.79 Å². The number of nitrogens with two attached hydrogens (primary N) is 4. The third-order valence-corrected chi connectivity index (χ3v) is 4.78. The molecule has 0 spiro atoms. The zero-order valence-electron chi connectivity index (χ0n) is 18.8. The van der Waals surface area contributed by atoms with E-state index in [1.54, 1.807) is 0 Å². The van der Waals surface area contributed by atoms with Crippen LogP contribution in [0.3, 0.4) is 0 Å². The summed E-state index contributed by atoms with van der Waals surface area (Å²) >= 11 is 3.86. The first kappa shape index (κ1) is 31.4. The lowest BCUT2D eigenvalue weighted by atomic mass is 10.1. The van der Waals surface area contributed by atoms with E-state index in [1.165, 1.54) is 0 Å². The van der Waals surface area contributed by atoms with Crippen LogP contribution >= 0.6 is 12.6 Å². The number of aliphatic carboxylic acids is 2. The molecule has 17 heteroatoms. The third-order valence-electron chi connectivity index (χ3n) is 4.41. The average Bonchev–Trinajstić information content (AvgIpc) is 2.75. The van der Waals surface area contributed by atoms with Crippen LogP contribution in [0.5, 0.6) is 0 Å². The fraction of sp³-hybridized carbons (Fsp3) is 0.611. The van der Waals surface area contributed by atoms with E-state index in [-0.39, 0.29) is 37.5 Å². The Bertz CT molecular complexity index is 820. The number of nitrogens with zero attached hydrogens (tertiary/aromatic N) is 1. The maximum Gasteiger partial charge on any atom is 0.327 e. The molecule has 4 amide bonds. The summed E-state index contributed by atoms with van der Waals surface area (Å²) in [6.07, 6.45) is -1.24. The van der Waals surface area contributed by atoms with E-state index in [2.05, 4.69) is 33.6 Å². The average molecular weight is 521 g/mol. The molecule has 0 fully saturated rings. The third kappa shape index (κ3) is 13.6. The van der Waals surface area contributed by atoms with E-state index in [0.29, 0.717) is 0 Å². The molecular formula is C18H32N8O8S. The maximum absolute atomic E-state index is 12.9. The summed E-state index contributed by atoms with van der Waals surface area (Å²) in [6, 6.07) is -5.47. The van der Waals surface area contributed by atoms with E-state index in [9.17, 15) is 28.8 Å². The number of thiol groups is 1. The lowest BCUT2D eigenvalue weighted by molar-refractivity contribution is -0.141. The molecule has 16 nitrogen and oxygen atoms in total. The zero-order valence-corrected chi connectivity index (χ0v) is 19.7. The summed E-state index contributed by atoms with van der Waals surface area (Å²) in [7, 11) is 0. The number of carbonyl (C=O) groups excluding carboxylic acids is 4. The molecule has 0 rings (SSSR count). The molecule has 0 aromatic carbocycles. The van der Waals surface area contributed by atoms with Crippen LogP contribution in [-0.2, 0) is 28.8 Å². The lowest BCUT2D eigenvalue weighted by Gasteiger charge is -2.24. The molecular weight excluding hydrogens is 488 g/mol. The fourth-order valence-corrected chi connectivity index (χ4v) is 2.87. The lowest BCUT2D eigenvalue weighted by Crippen LogP contribution is -2.57. The summed E-state index contributed by atoms with van der Waals surface area (Å²) in [5.74, 6) is -6.65. The van der Waals surface area contributed by atoms with Gasteiger partial charge in [0, 0.05) is 18.7 Å². The first-order valence-electron chi connectivity index (χ1n) is 10.3. The molecule has 4 unspecified atom stereocenters. The van der Waals surface area contributed by atoms with E-state index < -0.39 is 72.6 Å². The van der Waals surface area contributed by atoms with Gasteiger partial charge in [0.15, 0.2) is 5.96 Å². The van der Waals surface area contributed by atoms with Gasteiger partial charge in [0.25, 0.3) is 0 Å². The number of nitrogens with one attached hydrogen (secondary N) is 3. The van der Waals surface area contributed by atoms with Gasteiger partial charge in [-0.05, 0) is 19.3 Å². The molecule has 0 saturated carbocycles. The van der Waals surface area contributed by atoms with Gasteiger partial charge < -0.3 is 49.1 Å². The number of hydrogen-bond donors (Lipinski definition) is 10. The van der Waals surface area contributed by atoms with Crippen LogP contribution in [0, 0.1) is 0 Å². The standard InChI is InChI=1S/C18H32N8O8S/c19-8(6-12(20)27)14(30)24-10(3-4-13(28)29)16(32)25-9(2-1-5-23-18(21)22)15(31)26-11(7-35)17(33)34/h8-11,35H,1-7,19H2,(H2,20,27)(H,24,30)(H,25,32)(H,26,31)(H,28,29)(H,33,34)(H4,21,22,23). The van der Waals surface area contributed by atoms with Crippen molar-refractivity contribution in [2.24, 2.45) is 27.9 Å². The SMILES string of the molecule is NC(=O)CC(N)C(=O)NC(CCC(=O)O)C(=O)NC(CCCN=C(N)N)C(=O)NC(CS)C(=O)O. The second-order valence-corrected chi connectivity index (χ2v) is 7.73. The van der Waals surface area contributed by atoms with Crippen LogP contribution in [0.15, 0.2) is 4.99 Å². The number of rotatable bonds is 17. The van der Waals surface area contributed by atoms with Crippen molar-refractivity contribution in [3.05, 3.63) is 0 Å². The second-order valence-electron chi connectivity index (χ2n) is 7.36. The van der Waals surface area contributed by atoms with Crippen molar-refractivity contribution in [3.63, 3.8) is 0 Å². The van der Waals surface area contributed by atoms with E-state index in [1.807, 2.05) is 0 Å². The predicted octanol–water partition coefficient (Wildman–Crippen LogP) is -4.42. The zero-order chi connectivity index (χ0) is 27.1. The van der Waals surface area contributed by atoms with Crippen molar-refractivity contribution in [2.75, 3.05) is 12.3 Å². The van der Waals surface area contributed by atoms with Crippen molar-refractivity contribution in [3.8, 4) is 0 Å². The van der Waals surface area contributed by atoms with Crippen molar-refractivity contribution in [1.82, 2.24) is 16.0 Å². The minimum atomic E-state index is -1.44. The largest absolute Gasteiger partial charge is 0.481 e. The quantitative estimate of drug-likeness (QED) is 0.0377. The number of amides is 4. The Morgan fingerprint density at radius 1 is 0.829 bits per heavy atom. The number of aliphatic imine (C=N–C) groups is 1. The van der Waals surface area contributed by atoms with Gasteiger partial charge in [-0.3, -0.25) is 29.0 Å². The molecule has 13 N–H and O–H groups in total. The van der Waals surface area contributed by atoms with Crippen LogP contribution in [0.2, 0.25) is 0 Å². The molecule has 0 aliphatic carbocycles. The summed E-state index contributed by atoms with van der Waals surface area (Å²) in [5.41, 5.74) is 21.0. The smallest absolute Gasteiger partial charge is 0.327 e. The van der Waals surface area contributed by atoms with Gasteiger partial charge >= 0.3 is 11.9 Å². The van der Waals surface area contributed by atoms with Gasteiger partial charge in [0.2, 0.25) is 23.6 Å². The summed E-state index contributed by atoms with van der Waals surface area (Å²) < 4.78 is 0. The predicted molar refractivity (Wildman–Crippen MR) is 126 cm³/mol. The summed E-state index contributed by atoms with van der Waals surface area (Å²) in [4.78, 5) is 74.7. The molecule has 0 radical (unpaired) electrons. The molecule has 0 aliphatic rings. The molecule has 0 aliphatic heterocycles. The van der Waals surface area contributed by atoms with Gasteiger partial charge in [-0.15, -0.1) is 0 Å². The normalized spacial score (nSPS) is 13.9. The highest BCUT2D eigenvalue weighted by Crippen LogP contribution is 2.05. The van der Waals surface area contributed by atoms with Crippen LogP contribution in [0.4, 0.5) is 0 Å². The van der Waals surface area contributed by atoms with Crippen molar-refractivity contribution in [1.29, 1.82) is 0 Å². The first-order chi connectivity index (χ1) is 16.3. The second kappa shape index (κ2) is 16.1. The fourth-order valence-electron chi connectivity index (χ4n) is 2.63. The van der Waals surface area contributed by atoms with E-state index in [4.69, 9.17) is 33.1 Å². The van der Waals surface area contributed by atoms with Crippen molar-refractivity contribution >= 4 is 54.2 Å². The maximum atomic E-state index is 12.9. The van der Waals surface area contributed by atoms with Gasteiger partial charge in [0.05, 0.1) is 12.5 Å². The minimum Gasteiger partial charge on any atom is -0.481 e. The first-order valence-corrected chi connectivity index (χ1v) is 11.0. The monoisotopic (exact) mass is 520 g/mol. The number of hydrogen-bond acceptors (Lipinski definition) is 9. The van der Waals surface area contributed by atoms with Crippen molar-refractivity contribution in [2.45, 2.75) is 56.3 Å². The number of guanidine groups is 1. The molecule has 35 heavy (non-hydrogen) atoms. The van der Waals surface area contributed by atoms with Gasteiger partial charge in [0.1, 0.15) is 18.1 Å². The summed E-state index contributed by atoms with van der Waals surface area (Å²) in [5, 5.41) is 24.9. The Morgan fingerprint density at radius 3 is 1.80 bits per heavy atom. The molecule has 0 bridgehead atoms. The number of carboxylic acids is 2. The molecule has 198 valence electrons. The van der Waals surface area contributed by atoms with Gasteiger partial charge in [-0.1, -0.05) is 0 Å². The Labute approximate surface area is 206 Å². The Morgan fingerprint density at radius 2 is 1.34 bits per heavy atom. The topological polar surface area (TPSA) is 295 Å². The highest BCUT2D eigenvalue weighted by atomic mass is 32.1.